The van der Waals surface area contributed by atoms with Crippen molar-refractivity contribution in [3.63, 3.8) is 0 Å². The van der Waals surface area contributed by atoms with Gasteiger partial charge in [-0.25, -0.2) is 0 Å². The van der Waals surface area contributed by atoms with Crippen molar-refractivity contribution in [1.82, 2.24) is 10.2 Å². The number of hydrogen-bond acceptors (Lipinski definition) is 2. The van der Waals surface area contributed by atoms with Crippen LogP contribution in [0.3, 0.4) is 0 Å². The van der Waals surface area contributed by atoms with E-state index in [0.717, 1.165) is 12.0 Å². The Morgan fingerprint density at radius 2 is 2.08 bits per heavy atom. The first-order valence-corrected chi connectivity index (χ1v) is 5.72. The Labute approximate surface area is 82.7 Å². The molecule has 0 aromatic carbocycles. The maximum absolute atomic E-state index is 3.34. The maximum Gasteiger partial charge on any atom is 0.0345 e. The van der Waals surface area contributed by atoms with E-state index in [1.165, 1.54) is 39.0 Å². The van der Waals surface area contributed by atoms with Crippen molar-refractivity contribution in [3.8, 4) is 0 Å². The molecular weight excluding hydrogens is 160 g/mol. The molecule has 1 rings (SSSR count). The summed E-state index contributed by atoms with van der Waals surface area (Å²) in [5.41, 5.74) is 0. The van der Waals surface area contributed by atoms with Gasteiger partial charge in [-0.15, -0.1) is 0 Å². The van der Waals surface area contributed by atoms with Crippen LogP contribution in [-0.4, -0.2) is 37.1 Å². The van der Waals surface area contributed by atoms with E-state index in [4.69, 9.17) is 0 Å². The van der Waals surface area contributed by atoms with E-state index in [1.54, 1.807) is 0 Å². The third kappa shape index (κ3) is 3.28. The Bertz CT molecular complexity index is 132. The summed E-state index contributed by atoms with van der Waals surface area (Å²) in [6.07, 6.45) is 2.69. The summed E-state index contributed by atoms with van der Waals surface area (Å²) < 4.78 is 0. The molecule has 1 saturated heterocycles. The van der Waals surface area contributed by atoms with Gasteiger partial charge in [0.15, 0.2) is 0 Å². The number of rotatable bonds is 6. The highest BCUT2D eigenvalue weighted by Crippen LogP contribution is 2.11. The normalized spacial score (nSPS) is 20.3. The summed E-state index contributed by atoms with van der Waals surface area (Å²) in [4.78, 5) is 2.62. The Kier molecular flexibility index (Phi) is 4.74. The molecule has 0 bridgehead atoms. The molecule has 1 heterocycles. The summed E-state index contributed by atoms with van der Waals surface area (Å²) in [6.45, 7) is 11.8. The van der Waals surface area contributed by atoms with Gasteiger partial charge in [0.05, 0.1) is 0 Å². The molecule has 1 atom stereocenters. The van der Waals surface area contributed by atoms with Gasteiger partial charge in [0, 0.05) is 25.7 Å². The number of likely N-dealkylation sites (N-methyl/N-ethyl adjacent to an activating group) is 1. The first-order chi connectivity index (χ1) is 6.27. The van der Waals surface area contributed by atoms with Gasteiger partial charge < -0.3 is 5.32 Å². The van der Waals surface area contributed by atoms with E-state index < -0.39 is 0 Å². The van der Waals surface area contributed by atoms with Crippen LogP contribution >= 0.6 is 0 Å². The zero-order chi connectivity index (χ0) is 9.68. The van der Waals surface area contributed by atoms with Gasteiger partial charge in [0.2, 0.25) is 0 Å². The zero-order valence-electron chi connectivity index (χ0n) is 9.34. The Hall–Kier alpha value is -0.0800. The SMILES string of the molecule is CCCC(C)CN(CC)C1CNC1. The number of nitrogens with zero attached hydrogens (tertiary/aromatic N) is 1. The van der Waals surface area contributed by atoms with Gasteiger partial charge in [-0.2, -0.15) is 0 Å². The minimum atomic E-state index is 0.823. The highest BCUT2D eigenvalue weighted by atomic mass is 15.2. The molecule has 1 N–H and O–H groups in total. The van der Waals surface area contributed by atoms with E-state index in [9.17, 15) is 0 Å². The van der Waals surface area contributed by atoms with Crippen molar-refractivity contribution in [2.75, 3.05) is 26.2 Å². The van der Waals surface area contributed by atoms with Gasteiger partial charge in [0.1, 0.15) is 0 Å². The van der Waals surface area contributed by atoms with Crippen molar-refractivity contribution < 1.29 is 0 Å². The molecule has 0 aromatic rings. The molecule has 1 fully saturated rings. The molecule has 0 saturated carbocycles. The predicted octanol–water partition coefficient (Wildman–Crippen LogP) is 1.72. The first kappa shape index (κ1) is 11.0. The van der Waals surface area contributed by atoms with E-state index in [0.29, 0.717) is 0 Å². The standard InChI is InChI=1S/C11H24N2/c1-4-6-10(3)9-13(5-2)11-7-12-8-11/h10-12H,4-9H2,1-3H3. The lowest BCUT2D eigenvalue weighted by molar-refractivity contribution is 0.131. The summed E-state index contributed by atoms with van der Waals surface area (Å²) in [5.74, 6) is 0.866. The molecule has 0 spiro atoms. The second-order valence-corrected chi connectivity index (χ2v) is 4.29. The lowest BCUT2D eigenvalue weighted by Gasteiger charge is -2.39. The molecular formula is C11H24N2. The third-order valence-electron chi connectivity index (χ3n) is 3.01. The quantitative estimate of drug-likeness (QED) is 0.676. The zero-order valence-corrected chi connectivity index (χ0v) is 9.34. The molecule has 1 aliphatic heterocycles. The molecule has 0 aromatic heterocycles. The van der Waals surface area contributed by atoms with Gasteiger partial charge in [0.25, 0.3) is 0 Å². The van der Waals surface area contributed by atoms with Gasteiger partial charge in [-0.05, 0) is 18.9 Å². The van der Waals surface area contributed by atoms with Crippen molar-refractivity contribution in [2.45, 2.75) is 39.7 Å². The number of hydrogen-bond donors (Lipinski definition) is 1. The smallest absolute Gasteiger partial charge is 0.0345 e. The minimum Gasteiger partial charge on any atom is -0.314 e. The Balaban J connectivity index is 2.21. The van der Waals surface area contributed by atoms with E-state index in [2.05, 4.69) is 31.0 Å². The summed E-state index contributed by atoms with van der Waals surface area (Å²) in [6, 6.07) is 0.823. The highest BCUT2D eigenvalue weighted by Gasteiger charge is 2.23. The van der Waals surface area contributed by atoms with Crippen LogP contribution in [0.5, 0.6) is 0 Å². The molecule has 2 heteroatoms. The molecule has 0 radical (unpaired) electrons. The van der Waals surface area contributed by atoms with Crippen LogP contribution < -0.4 is 5.32 Å². The minimum absolute atomic E-state index is 0.823. The second kappa shape index (κ2) is 5.61. The van der Waals surface area contributed by atoms with Crippen LogP contribution in [-0.2, 0) is 0 Å². The van der Waals surface area contributed by atoms with Crippen molar-refractivity contribution >= 4 is 0 Å². The summed E-state index contributed by atoms with van der Waals surface area (Å²) in [7, 11) is 0. The average Bonchev–Trinajstić information content (AvgIpc) is 2.00. The lowest BCUT2D eigenvalue weighted by atomic mass is 10.0. The molecule has 0 aliphatic carbocycles. The molecule has 78 valence electrons. The second-order valence-electron chi connectivity index (χ2n) is 4.29. The monoisotopic (exact) mass is 184 g/mol. The fourth-order valence-corrected chi connectivity index (χ4v) is 2.05. The van der Waals surface area contributed by atoms with Crippen molar-refractivity contribution in [1.29, 1.82) is 0 Å². The van der Waals surface area contributed by atoms with Crippen LogP contribution in [0, 0.1) is 5.92 Å². The van der Waals surface area contributed by atoms with Crippen molar-refractivity contribution in [2.24, 2.45) is 5.92 Å². The maximum atomic E-state index is 3.34. The average molecular weight is 184 g/mol. The van der Waals surface area contributed by atoms with Crippen LogP contribution in [0.2, 0.25) is 0 Å². The van der Waals surface area contributed by atoms with Crippen LogP contribution in [0.1, 0.15) is 33.6 Å². The molecule has 2 nitrogen and oxygen atoms in total. The number of nitrogens with one attached hydrogen (secondary N) is 1. The van der Waals surface area contributed by atoms with Crippen molar-refractivity contribution in [3.05, 3.63) is 0 Å². The van der Waals surface area contributed by atoms with E-state index >= 15 is 0 Å². The Morgan fingerprint density at radius 3 is 2.46 bits per heavy atom. The fraction of sp³-hybridized carbons (Fsp3) is 1.00. The molecule has 0 amide bonds. The fourth-order valence-electron chi connectivity index (χ4n) is 2.05. The molecule has 1 unspecified atom stereocenters. The van der Waals surface area contributed by atoms with E-state index in [-0.39, 0.29) is 0 Å². The van der Waals surface area contributed by atoms with Crippen LogP contribution in [0.4, 0.5) is 0 Å². The molecule has 13 heavy (non-hydrogen) atoms. The van der Waals surface area contributed by atoms with Gasteiger partial charge in [-0.3, -0.25) is 4.90 Å². The van der Waals surface area contributed by atoms with Gasteiger partial charge >= 0.3 is 0 Å². The predicted molar refractivity (Wildman–Crippen MR) is 58.0 cm³/mol. The third-order valence-corrected chi connectivity index (χ3v) is 3.01. The molecule has 1 aliphatic rings. The van der Waals surface area contributed by atoms with E-state index in [1.807, 2.05) is 0 Å². The Morgan fingerprint density at radius 1 is 1.38 bits per heavy atom. The largest absolute Gasteiger partial charge is 0.314 e. The topological polar surface area (TPSA) is 15.3 Å². The summed E-state index contributed by atoms with van der Waals surface area (Å²) in [5, 5.41) is 3.34. The summed E-state index contributed by atoms with van der Waals surface area (Å²) >= 11 is 0. The highest BCUT2D eigenvalue weighted by molar-refractivity contribution is 4.84. The van der Waals surface area contributed by atoms with Crippen LogP contribution in [0.15, 0.2) is 0 Å². The lowest BCUT2D eigenvalue weighted by Crippen LogP contribution is -2.57. The van der Waals surface area contributed by atoms with Gasteiger partial charge in [-0.1, -0.05) is 27.2 Å². The first-order valence-electron chi connectivity index (χ1n) is 5.72. The van der Waals surface area contributed by atoms with Crippen LogP contribution in [0.25, 0.3) is 0 Å².